The summed E-state index contributed by atoms with van der Waals surface area (Å²) in [6.07, 6.45) is 4.55. The van der Waals surface area contributed by atoms with E-state index in [4.69, 9.17) is 0 Å². The number of amides is 1. The number of rotatable bonds is 1. The summed E-state index contributed by atoms with van der Waals surface area (Å²) >= 11 is 0. The van der Waals surface area contributed by atoms with Crippen LogP contribution in [0.15, 0.2) is 24.3 Å². The molecule has 3 heteroatoms. The Hall–Kier alpha value is -1.35. The molecule has 20 heavy (non-hydrogen) atoms. The molecule has 0 saturated carbocycles. The molecule has 0 radical (unpaired) electrons. The average molecular weight is 272 g/mol. The van der Waals surface area contributed by atoms with Crippen LogP contribution in [0.25, 0.3) is 0 Å². The number of benzene rings is 1. The molecule has 2 heterocycles. The largest absolute Gasteiger partial charge is 0.341 e. The highest BCUT2D eigenvalue weighted by Gasteiger charge is 2.30. The Bertz CT molecular complexity index is 486. The molecule has 2 aliphatic heterocycles. The second-order valence-electron chi connectivity index (χ2n) is 6.20. The molecular weight excluding hydrogens is 248 g/mol. The lowest BCUT2D eigenvalue weighted by Gasteiger charge is -2.31. The first kappa shape index (κ1) is 13.6. The van der Waals surface area contributed by atoms with Crippen LogP contribution in [0.3, 0.4) is 0 Å². The van der Waals surface area contributed by atoms with Crippen molar-refractivity contribution in [2.45, 2.75) is 38.6 Å². The van der Waals surface area contributed by atoms with Crippen LogP contribution in [0.1, 0.15) is 43.4 Å². The van der Waals surface area contributed by atoms with Gasteiger partial charge in [0.05, 0.1) is 0 Å². The summed E-state index contributed by atoms with van der Waals surface area (Å²) in [5.74, 6) is 1.02. The van der Waals surface area contributed by atoms with Crippen molar-refractivity contribution in [2.24, 2.45) is 5.92 Å². The number of hydrogen-bond acceptors (Lipinski definition) is 2. The number of nitrogens with one attached hydrogen (secondary N) is 1. The van der Waals surface area contributed by atoms with Gasteiger partial charge in [-0.2, -0.15) is 0 Å². The van der Waals surface area contributed by atoms with E-state index in [0.29, 0.717) is 0 Å². The summed E-state index contributed by atoms with van der Waals surface area (Å²) in [4.78, 5) is 14.9. The van der Waals surface area contributed by atoms with Gasteiger partial charge in [0, 0.05) is 19.6 Å². The van der Waals surface area contributed by atoms with E-state index < -0.39 is 0 Å². The second-order valence-corrected chi connectivity index (χ2v) is 6.20. The normalized spacial score (nSPS) is 26.8. The van der Waals surface area contributed by atoms with E-state index in [1.807, 2.05) is 6.07 Å². The highest BCUT2D eigenvalue weighted by molar-refractivity contribution is 5.84. The highest BCUT2D eigenvalue weighted by atomic mass is 16.2. The van der Waals surface area contributed by atoms with E-state index in [1.54, 1.807) is 0 Å². The van der Waals surface area contributed by atoms with E-state index in [2.05, 4.69) is 35.3 Å². The van der Waals surface area contributed by atoms with Crippen LogP contribution in [0.5, 0.6) is 0 Å². The Morgan fingerprint density at radius 2 is 2.10 bits per heavy atom. The molecule has 1 fully saturated rings. The van der Waals surface area contributed by atoms with E-state index >= 15 is 0 Å². The van der Waals surface area contributed by atoms with Crippen molar-refractivity contribution >= 4 is 5.91 Å². The Morgan fingerprint density at radius 1 is 1.25 bits per heavy atom. The SMILES string of the molecule is CC1CCCN(C(=O)C2NCCc3ccccc32)CC1. The number of likely N-dealkylation sites (tertiary alicyclic amines) is 1. The molecular formula is C17H24N2O. The number of carbonyl (C=O) groups excluding carboxylic acids is 1. The van der Waals surface area contributed by atoms with Crippen LogP contribution in [0.4, 0.5) is 0 Å². The van der Waals surface area contributed by atoms with E-state index in [0.717, 1.165) is 44.8 Å². The summed E-state index contributed by atoms with van der Waals surface area (Å²) in [6.45, 7) is 5.03. The Balaban J connectivity index is 1.77. The molecule has 1 amide bonds. The van der Waals surface area contributed by atoms with E-state index in [9.17, 15) is 4.79 Å². The first-order valence-corrected chi connectivity index (χ1v) is 7.85. The standard InChI is InChI=1S/C17H24N2O/c1-13-5-4-11-19(12-9-13)17(20)16-15-7-3-2-6-14(15)8-10-18-16/h2-3,6-7,13,16,18H,4-5,8-12H2,1H3. The van der Waals surface area contributed by atoms with Crippen molar-refractivity contribution in [3.63, 3.8) is 0 Å². The predicted octanol–water partition coefficient (Wildman–Crippen LogP) is 2.52. The van der Waals surface area contributed by atoms with Crippen LogP contribution in [-0.4, -0.2) is 30.4 Å². The van der Waals surface area contributed by atoms with Crippen LogP contribution in [-0.2, 0) is 11.2 Å². The van der Waals surface area contributed by atoms with Crippen molar-refractivity contribution < 1.29 is 4.79 Å². The molecule has 1 aromatic rings. The first-order valence-electron chi connectivity index (χ1n) is 7.85. The molecule has 1 aromatic carbocycles. The maximum absolute atomic E-state index is 12.8. The molecule has 0 bridgehead atoms. The van der Waals surface area contributed by atoms with Gasteiger partial charge in [0.1, 0.15) is 6.04 Å². The topological polar surface area (TPSA) is 32.3 Å². The quantitative estimate of drug-likeness (QED) is 0.852. The highest BCUT2D eigenvalue weighted by Crippen LogP contribution is 2.26. The minimum Gasteiger partial charge on any atom is -0.341 e. The van der Waals surface area contributed by atoms with Gasteiger partial charge in [0.15, 0.2) is 0 Å². The van der Waals surface area contributed by atoms with Gasteiger partial charge in [0.25, 0.3) is 0 Å². The first-order chi connectivity index (χ1) is 9.75. The third-order valence-corrected chi connectivity index (χ3v) is 4.68. The van der Waals surface area contributed by atoms with E-state index in [1.165, 1.54) is 17.5 Å². The van der Waals surface area contributed by atoms with Crippen LogP contribution < -0.4 is 5.32 Å². The lowest BCUT2D eigenvalue weighted by atomic mass is 9.93. The zero-order valence-corrected chi connectivity index (χ0v) is 12.3. The van der Waals surface area contributed by atoms with Crippen molar-refractivity contribution in [3.05, 3.63) is 35.4 Å². The molecule has 3 nitrogen and oxygen atoms in total. The second kappa shape index (κ2) is 5.96. The van der Waals surface area contributed by atoms with Gasteiger partial charge in [-0.1, -0.05) is 31.2 Å². The Morgan fingerprint density at radius 3 is 3.00 bits per heavy atom. The summed E-state index contributed by atoms with van der Waals surface area (Å²) in [7, 11) is 0. The third kappa shape index (κ3) is 2.73. The predicted molar refractivity (Wildman–Crippen MR) is 80.5 cm³/mol. The summed E-state index contributed by atoms with van der Waals surface area (Å²) in [6, 6.07) is 8.23. The Labute approximate surface area is 121 Å². The fourth-order valence-electron chi connectivity index (χ4n) is 3.39. The zero-order valence-electron chi connectivity index (χ0n) is 12.3. The van der Waals surface area contributed by atoms with Gasteiger partial charge >= 0.3 is 0 Å². The molecule has 1 N–H and O–H groups in total. The number of nitrogens with zero attached hydrogens (tertiary/aromatic N) is 1. The molecule has 3 rings (SSSR count). The molecule has 0 aromatic heterocycles. The van der Waals surface area contributed by atoms with Crippen molar-refractivity contribution in [1.82, 2.24) is 10.2 Å². The summed E-state index contributed by atoms with van der Waals surface area (Å²) in [5, 5.41) is 3.41. The molecule has 0 aliphatic carbocycles. The minimum atomic E-state index is -0.131. The van der Waals surface area contributed by atoms with Gasteiger partial charge in [-0.25, -0.2) is 0 Å². The van der Waals surface area contributed by atoms with Gasteiger partial charge in [-0.15, -0.1) is 0 Å². The molecule has 1 saturated heterocycles. The number of carbonyl (C=O) groups is 1. The summed E-state index contributed by atoms with van der Waals surface area (Å²) in [5.41, 5.74) is 2.51. The molecule has 2 unspecified atom stereocenters. The fourth-order valence-corrected chi connectivity index (χ4v) is 3.39. The van der Waals surface area contributed by atoms with Crippen molar-refractivity contribution in [3.8, 4) is 0 Å². The third-order valence-electron chi connectivity index (χ3n) is 4.68. The van der Waals surface area contributed by atoms with E-state index in [-0.39, 0.29) is 11.9 Å². The van der Waals surface area contributed by atoms with Crippen molar-refractivity contribution in [1.29, 1.82) is 0 Å². The maximum Gasteiger partial charge on any atom is 0.244 e. The smallest absolute Gasteiger partial charge is 0.244 e. The van der Waals surface area contributed by atoms with Gasteiger partial charge in [-0.3, -0.25) is 4.79 Å². The molecule has 0 spiro atoms. The van der Waals surface area contributed by atoms with Gasteiger partial charge in [0.2, 0.25) is 5.91 Å². The average Bonchev–Trinajstić information content (AvgIpc) is 2.71. The van der Waals surface area contributed by atoms with Crippen LogP contribution in [0, 0.1) is 5.92 Å². The zero-order chi connectivity index (χ0) is 13.9. The summed E-state index contributed by atoms with van der Waals surface area (Å²) < 4.78 is 0. The molecule has 2 atom stereocenters. The molecule has 108 valence electrons. The lowest BCUT2D eigenvalue weighted by molar-refractivity contribution is -0.133. The minimum absolute atomic E-state index is 0.131. The molecule has 2 aliphatic rings. The fraction of sp³-hybridized carbons (Fsp3) is 0.588. The van der Waals surface area contributed by atoms with Crippen LogP contribution in [0.2, 0.25) is 0 Å². The number of fused-ring (bicyclic) bond motifs is 1. The lowest BCUT2D eigenvalue weighted by Crippen LogP contribution is -2.44. The monoisotopic (exact) mass is 272 g/mol. The van der Waals surface area contributed by atoms with Gasteiger partial charge < -0.3 is 10.2 Å². The van der Waals surface area contributed by atoms with Crippen molar-refractivity contribution in [2.75, 3.05) is 19.6 Å². The maximum atomic E-state index is 12.8. The number of hydrogen-bond donors (Lipinski definition) is 1. The Kier molecular flexibility index (Phi) is 4.06. The van der Waals surface area contributed by atoms with Crippen LogP contribution >= 0.6 is 0 Å². The van der Waals surface area contributed by atoms with Gasteiger partial charge in [-0.05, 0) is 42.7 Å².